The normalized spacial score (nSPS) is 25.0. The van der Waals surface area contributed by atoms with Gasteiger partial charge in [-0.05, 0) is 19.3 Å². The van der Waals surface area contributed by atoms with Crippen molar-refractivity contribution in [2.24, 2.45) is 0 Å². The van der Waals surface area contributed by atoms with Crippen LogP contribution < -0.4 is 0 Å². The van der Waals surface area contributed by atoms with Gasteiger partial charge in [0.1, 0.15) is 6.61 Å². The summed E-state index contributed by atoms with van der Waals surface area (Å²) >= 11 is 2.04. The molecule has 0 aromatic rings. The number of carbonyl (C=O) groups is 2. The second-order valence-electron chi connectivity index (χ2n) is 7.47. The largest absolute Gasteiger partial charge is 0.490 e. The monoisotopic (exact) mass is 428 g/mol. The molecule has 0 aromatic carbocycles. The van der Waals surface area contributed by atoms with Crippen LogP contribution in [0.2, 0.25) is 0 Å². The van der Waals surface area contributed by atoms with Crippen LogP contribution in [0.4, 0.5) is 13.2 Å². The number of hydrogen-bond acceptors (Lipinski definition) is 6. The molecule has 1 unspecified atom stereocenters. The van der Waals surface area contributed by atoms with Crippen LogP contribution in [0.25, 0.3) is 0 Å². The number of alkyl halides is 3. The molecular weight excluding hydrogens is 401 g/mol. The Morgan fingerprint density at radius 1 is 1.29 bits per heavy atom. The fraction of sp³-hybridized carbons (Fsp3) is 0.882. The minimum absolute atomic E-state index is 0.0541. The molecule has 0 radical (unpaired) electrons. The van der Waals surface area contributed by atoms with Gasteiger partial charge >= 0.3 is 12.1 Å². The summed E-state index contributed by atoms with van der Waals surface area (Å²) in [6.07, 6.45) is -1.38. The van der Waals surface area contributed by atoms with Gasteiger partial charge < -0.3 is 19.5 Å². The van der Waals surface area contributed by atoms with Gasteiger partial charge in [0.2, 0.25) is 5.91 Å². The predicted molar refractivity (Wildman–Crippen MR) is 97.3 cm³/mol. The number of likely N-dealkylation sites (N-methyl/N-ethyl adjacent to an activating group) is 1. The molecule has 11 heteroatoms. The fourth-order valence-corrected chi connectivity index (χ4v) is 5.02. The highest BCUT2D eigenvalue weighted by molar-refractivity contribution is 8.01. The third kappa shape index (κ3) is 6.50. The highest BCUT2D eigenvalue weighted by atomic mass is 32.2. The maximum atomic E-state index is 11.6. The molecule has 1 amide bonds. The van der Waals surface area contributed by atoms with Gasteiger partial charge in [0.15, 0.2) is 0 Å². The summed E-state index contributed by atoms with van der Waals surface area (Å²) in [4.78, 5) is 24.7. The van der Waals surface area contributed by atoms with Gasteiger partial charge in [-0.3, -0.25) is 9.69 Å². The number of rotatable bonds is 4. The van der Waals surface area contributed by atoms with Crippen LogP contribution in [0.1, 0.15) is 19.3 Å². The Kier molecular flexibility index (Phi) is 8.00. The second-order valence-corrected chi connectivity index (χ2v) is 8.96. The number of carbonyl (C=O) groups excluding carboxylic acids is 1. The van der Waals surface area contributed by atoms with E-state index in [-0.39, 0.29) is 18.6 Å². The molecule has 3 fully saturated rings. The summed E-state index contributed by atoms with van der Waals surface area (Å²) in [6, 6.07) is 0.722. The number of hydrogen-bond donors (Lipinski definition) is 1. The zero-order chi connectivity index (χ0) is 20.9. The third-order valence-corrected chi connectivity index (χ3v) is 6.62. The van der Waals surface area contributed by atoms with Crippen molar-refractivity contribution >= 4 is 23.6 Å². The van der Waals surface area contributed by atoms with Gasteiger partial charge in [0.25, 0.3) is 0 Å². The lowest BCUT2D eigenvalue weighted by Gasteiger charge is -2.52. The Hall–Kier alpha value is -1.04. The molecule has 0 bridgehead atoms. The molecule has 3 aliphatic heterocycles. The second kappa shape index (κ2) is 9.64. The third-order valence-electron chi connectivity index (χ3n) is 5.05. The summed E-state index contributed by atoms with van der Waals surface area (Å²) in [7, 11) is 3.54. The van der Waals surface area contributed by atoms with E-state index in [1.54, 1.807) is 19.0 Å². The number of ether oxygens (including phenoxy) is 2. The van der Waals surface area contributed by atoms with Crippen molar-refractivity contribution in [1.82, 2.24) is 9.80 Å². The molecule has 3 aliphatic rings. The zero-order valence-electron chi connectivity index (χ0n) is 16.0. The highest BCUT2D eigenvalue weighted by Crippen LogP contribution is 2.47. The van der Waals surface area contributed by atoms with Crippen LogP contribution in [0, 0.1) is 0 Å². The first-order valence-corrected chi connectivity index (χ1v) is 10.1. The van der Waals surface area contributed by atoms with E-state index in [1.807, 2.05) is 11.8 Å². The van der Waals surface area contributed by atoms with E-state index in [2.05, 4.69) is 4.90 Å². The number of amides is 1. The van der Waals surface area contributed by atoms with Gasteiger partial charge in [-0.15, -0.1) is 11.8 Å². The SMILES string of the molecule is CN(C)C(=O)COC1CSC2(C1)CN(C1CCOCC1)C2.O=C(O)C(F)(F)F. The van der Waals surface area contributed by atoms with E-state index < -0.39 is 12.1 Å². The molecule has 28 heavy (non-hydrogen) atoms. The minimum atomic E-state index is -5.08. The smallest absolute Gasteiger partial charge is 0.475 e. The Morgan fingerprint density at radius 2 is 1.86 bits per heavy atom. The number of likely N-dealkylation sites (tertiary alicyclic amines) is 1. The van der Waals surface area contributed by atoms with E-state index in [0.717, 1.165) is 31.4 Å². The van der Waals surface area contributed by atoms with Gasteiger partial charge in [0, 0.05) is 56.9 Å². The average Bonchev–Trinajstić information content (AvgIpc) is 3.03. The standard InChI is InChI=1S/C15H26N2O3S.C2HF3O2/c1-16(2)14(18)8-20-13-7-15(21-9-13)10-17(11-15)12-3-5-19-6-4-12;3-2(4,5)1(6)7/h12-13H,3-11H2,1-2H3;(H,6,7). The quantitative estimate of drug-likeness (QED) is 0.726. The molecule has 1 spiro atoms. The Morgan fingerprint density at radius 3 is 2.36 bits per heavy atom. The minimum Gasteiger partial charge on any atom is -0.475 e. The van der Waals surface area contributed by atoms with E-state index in [9.17, 15) is 18.0 Å². The number of aliphatic carboxylic acids is 1. The van der Waals surface area contributed by atoms with Crippen molar-refractivity contribution in [1.29, 1.82) is 0 Å². The van der Waals surface area contributed by atoms with E-state index in [1.165, 1.54) is 25.9 Å². The van der Waals surface area contributed by atoms with Crippen molar-refractivity contribution in [3.8, 4) is 0 Å². The summed E-state index contributed by atoms with van der Waals surface area (Å²) in [5, 5.41) is 7.12. The number of halogens is 3. The molecule has 1 atom stereocenters. The van der Waals surface area contributed by atoms with Crippen LogP contribution in [-0.2, 0) is 19.1 Å². The van der Waals surface area contributed by atoms with Gasteiger partial charge in [0.05, 0.1) is 6.10 Å². The maximum absolute atomic E-state index is 11.6. The maximum Gasteiger partial charge on any atom is 0.490 e. The van der Waals surface area contributed by atoms with Gasteiger partial charge in [-0.25, -0.2) is 4.79 Å². The number of carboxylic acid groups (broad SMARTS) is 1. The molecule has 0 aliphatic carbocycles. The Bertz CT molecular complexity index is 549. The molecule has 0 saturated carbocycles. The van der Waals surface area contributed by atoms with Crippen LogP contribution in [0.5, 0.6) is 0 Å². The van der Waals surface area contributed by atoms with Gasteiger partial charge in [-0.2, -0.15) is 13.2 Å². The molecule has 3 saturated heterocycles. The van der Waals surface area contributed by atoms with Crippen molar-refractivity contribution in [3.05, 3.63) is 0 Å². The molecule has 162 valence electrons. The lowest BCUT2D eigenvalue weighted by Crippen LogP contribution is -2.62. The summed E-state index contributed by atoms with van der Waals surface area (Å²) < 4.78 is 43.4. The van der Waals surface area contributed by atoms with E-state index >= 15 is 0 Å². The Labute approximate surface area is 166 Å². The molecule has 1 N–H and O–H groups in total. The van der Waals surface area contributed by atoms with Crippen LogP contribution in [0.3, 0.4) is 0 Å². The van der Waals surface area contributed by atoms with Crippen LogP contribution >= 0.6 is 11.8 Å². The first kappa shape index (κ1) is 23.2. The number of nitrogens with zero attached hydrogens (tertiary/aromatic N) is 2. The van der Waals surface area contributed by atoms with Crippen molar-refractivity contribution in [2.75, 3.05) is 52.8 Å². The molecule has 3 heterocycles. The fourth-order valence-electron chi connectivity index (χ4n) is 3.45. The summed E-state index contributed by atoms with van der Waals surface area (Å²) in [5.41, 5.74) is 0. The molecule has 0 aromatic heterocycles. The predicted octanol–water partition coefficient (Wildman–Crippen LogP) is 1.46. The Balaban J connectivity index is 0.000000345. The summed E-state index contributed by atoms with van der Waals surface area (Å²) in [6.45, 7) is 4.42. The number of thioether (sulfide) groups is 1. The number of carboxylic acids is 1. The van der Waals surface area contributed by atoms with Crippen LogP contribution in [-0.4, -0.2) is 103 Å². The summed E-state index contributed by atoms with van der Waals surface area (Å²) in [5.74, 6) is -1.67. The average molecular weight is 428 g/mol. The van der Waals surface area contributed by atoms with Crippen molar-refractivity contribution in [3.63, 3.8) is 0 Å². The lowest BCUT2D eigenvalue weighted by molar-refractivity contribution is -0.192. The van der Waals surface area contributed by atoms with Crippen LogP contribution in [0.15, 0.2) is 0 Å². The zero-order valence-corrected chi connectivity index (χ0v) is 16.9. The van der Waals surface area contributed by atoms with Crippen molar-refractivity contribution < 1.29 is 37.3 Å². The highest BCUT2D eigenvalue weighted by Gasteiger charge is 2.51. The lowest BCUT2D eigenvalue weighted by atomic mass is 9.89. The van der Waals surface area contributed by atoms with Crippen molar-refractivity contribution in [2.45, 2.75) is 42.3 Å². The first-order valence-electron chi connectivity index (χ1n) is 9.10. The molecule has 3 rings (SSSR count). The van der Waals surface area contributed by atoms with E-state index in [0.29, 0.717) is 4.75 Å². The van der Waals surface area contributed by atoms with Gasteiger partial charge in [-0.1, -0.05) is 0 Å². The molecular formula is C17H27F3N2O5S. The first-order chi connectivity index (χ1) is 13.0. The topological polar surface area (TPSA) is 79.3 Å². The molecule has 7 nitrogen and oxygen atoms in total. The van der Waals surface area contributed by atoms with E-state index in [4.69, 9.17) is 19.4 Å².